The molecule has 8 nitrogen and oxygen atoms in total. The van der Waals surface area contributed by atoms with E-state index in [1.165, 1.54) is 31.4 Å². The molecule has 1 saturated heterocycles. The van der Waals surface area contributed by atoms with Crippen LogP contribution in [0.2, 0.25) is 5.02 Å². The van der Waals surface area contributed by atoms with Gasteiger partial charge in [0.2, 0.25) is 0 Å². The normalized spacial score (nSPS) is 23.5. The molecule has 0 aliphatic carbocycles. The smallest absolute Gasteiger partial charge is 0.329 e. The van der Waals surface area contributed by atoms with Crippen LogP contribution in [0.25, 0.3) is 6.08 Å². The number of hydrogen-bond acceptors (Lipinski definition) is 7. The number of benzene rings is 3. The van der Waals surface area contributed by atoms with Crippen LogP contribution in [0.5, 0.6) is 0 Å². The van der Waals surface area contributed by atoms with Crippen LogP contribution in [0, 0.1) is 26.9 Å². The van der Waals surface area contributed by atoms with Crippen LogP contribution >= 0.6 is 11.6 Å². The summed E-state index contributed by atoms with van der Waals surface area (Å²) in [6.45, 7) is 0. The second-order valence-corrected chi connectivity index (χ2v) is 9.32. The first-order valence-corrected chi connectivity index (χ1v) is 11.8. The highest BCUT2D eigenvalue weighted by Crippen LogP contribution is 2.56. The maximum Gasteiger partial charge on any atom is 0.329 e. The maximum absolute atomic E-state index is 14.2. The van der Waals surface area contributed by atoms with Crippen molar-refractivity contribution in [3.63, 3.8) is 0 Å². The van der Waals surface area contributed by atoms with Crippen molar-refractivity contribution >= 4 is 40.8 Å². The van der Waals surface area contributed by atoms with Gasteiger partial charge in [0.05, 0.1) is 24.1 Å². The number of carbonyl (C=O) groups is 2. The van der Waals surface area contributed by atoms with E-state index in [4.69, 9.17) is 16.3 Å². The number of hydrogen-bond donors (Lipinski definition) is 0. The number of carbonyl (C=O) groups excluding carboxylic acids is 2. The number of nitro groups is 1. The van der Waals surface area contributed by atoms with E-state index in [9.17, 15) is 25.0 Å². The van der Waals surface area contributed by atoms with Crippen molar-refractivity contribution in [2.75, 3.05) is 12.0 Å². The summed E-state index contributed by atoms with van der Waals surface area (Å²) in [6.07, 6.45) is 3.57. The number of methoxy groups -OCH3 is 1. The number of nitriles is 1. The van der Waals surface area contributed by atoms with Gasteiger partial charge in [-0.05, 0) is 41.5 Å². The predicted octanol–water partition coefficient (Wildman–Crippen LogP) is 5.18. The maximum atomic E-state index is 14.2. The topological polar surface area (TPSA) is 114 Å². The Morgan fingerprint density at radius 1 is 1.08 bits per heavy atom. The molecular formula is C28H20ClN3O5. The van der Waals surface area contributed by atoms with Crippen LogP contribution in [-0.2, 0) is 9.53 Å². The summed E-state index contributed by atoms with van der Waals surface area (Å²) < 4.78 is 5.17. The van der Waals surface area contributed by atoms with Crippen molar-refractivity contribution in [3.05, 3.63) is 111 Å². The molecule has 2 aliphatic rings. The number of nitrogens with zero attached hydrogens (tertiary/aromatic N) is 3. The Balaban J connectivity index is 1.80. The Labute approximate surface area is 217 Å². The van der Waals surface area contributed by atoms with E-state index in [1.54, 1.807) is 35.2 Å². The first kappa shape index (κ1) is 24.2. The molecule has 0 bridgehead atoms. The zero-order chi connectivity index (χ0) is 26.3. The number of ether oxygens (including phenoxy) is 1. The van der Waals surface area contributed by atoms with E-state index < -0.39 is 34.3 Å². The molecule has 184 valence electrons. The van der Waals surface area contributed by atoms with Crippen LogP contribution in [0.3, 0.4) is 0 Å². The third-order valence-corrected chi connectivity index (χ3v) is 7.37. The predicted molar refractivity (Wildman–Crippen MR) is 137 cm³/mol. The number of halogens is 1. The zero-order valence-electron chi connectivity index (χ0n) is 19.6. The molecule has 4 atom stereocenters. The Bertz CT molecular complexity index is 1480. The summed E-state index contributed by atoms with van der Waals surface area (Å²) in [5.74, 6) is -2.12. The molecule has 1 fully saturated rings. The Hall–Kier alpha value is -4.48. The lowest BCUT2D eigenvalue weighted by Gasteiger charge is -2.36. The summed E-state index contributed by atoms with van der Waals surface area (Å²) >= 11 is 6.06. The molecular weight excluding hydrogens is 494 g/mol. The fourth-order valence-electron chi connectivity index (χ4n) is 5.50. The van der Waals surface area contributed by atoms with E-state index in [0.29, 0.717) is 21.8 Å². The van der Waals surface area contributed by atoms with Gasteiger partial charge in [-0.3, -0.25) is 19.7 Å². The first-order valence-electron chi connectivity index (χ1n) is 11.4. The second kappa shape index (κ2) is 9.19. The van der Waals surface area contributed by atoms with Crippen molar-refractivity contribution in [3.8, 4) is 6.07 Å². The van der Waals surface area contributed by atoms with Gasteiger partial charge in [-0.2, -0.15) is 5.26 Å². The quantitative estimate of drug-likeness (QED) is 0.200. The average molecular weight is 514 g/mol. The van der Waals surface area contributed by atoms with E-state index in [-0.39, 0.29) is 11.5 Å². The molecule has 4 unspecified atom stereocenters. The van der Waals surface area contributed by atoms with Gasteiger partial charge in [-0.15, -0.1) is 0 Å². The minimum Gasteiger partial charge on any atom is -0.468 e. The van der Waals surface area contributed by atoms with E-state index in [2.05, 4.69) is 6.07 Å². The number of esters is 1. The van der Waals surface area contributed by atoms with Crippen molar-refractivity contribution in [2.45, 2.75) is 18.0 Å². The minimum atomic E-state index is -1.82. The summed E-state index contributed by atoms with van der Waals surface area (Å²) in [5.41, 5.74) is 0.340. The second-order valence-electron chi connectivity index (χ2n) is 8.88. The summed E-state index contributed by atoms with van der Waals surface area (Å²) in [7, 11) is 1.20. The first-order chi connectivity index (χ1) is 17.8. The van der Waals surface area contributed by atoms with Gasteiger partial charge >= 0.3 is 5.97 Å². The number of non-ortho nitro benzene ring substituents is 1. The van der Waals surface area contributed by atoms with Gasteiger partial charge in [0.15, 0.2) is 11.2 Å². The fraction of sp³-hybridized carbons (Fsp3) is 0.179. The van der Waals surface area contributed by atoms with Crippen LogP contribution in [0.4, 0.5) is 11.4 Å². The molecule has 0 radical (unpaired) electrons. The van der Waals surface area contributed by atoms with E-state index in [0.717, 1.165) is 5.56 Å². The van der Waals surface area contributed by atoms with E-state index in [1.807, 2.05) is 30.3 Å². The van der Waals surface area contributed by atoms with Gasteiger partial charge in [0, 0.05) is 34.3 Å². The minimum absolute atomic E-state index is 0.147. The largest absolute Gasteiger partial charge is 0.468 e. The SMILES string of the molecule is COC(=O)C1(C#N)C(c2ccc([N+](=O)[O-])cc2)C(C(=O)c2ccc(Cl)cc2)N2c3ccccc3C=CC21. The van der Waals surface area contributed by atoms with Crippen molar-refractivity contribution < 1.29 is 19.2 Å². The highest BCUT2D eigenvalue weighted by atomic mass is 35.5. The van der Waals surface area contributed by atoms with Crippen LogP contribution in [0.1, 0.15) is 27.4 Å². The lowest BCUT2D eigenvalue weighted by Crippen LogP contribution is -2.46. The zero-order valence-corrected chi connectivity index (χ0v) is 20.3. The summed E-state index contributed by atoms with van der Waals surface area (Å²) in [6, 6.07) is 19.8. The molecule has 9 heteroatoms. The molecule has 2 aliphatic heterocycles. The highest BCUT2D eigenvalue weighted by Gasteiger charge is 2.67. The van der Waals surface area contributed by atoms with Crippen LogP contribution in [-0.4, -0.2) is 35.9 Å². The van der Waals surface area contributed by atoms with Crippen LogP contribution < -0.4 is 4.90 Å². The van der Waals surface area contributed by atoms with Crippen molar-refractivity contribution in [1.82, 2.24) is 0 Å². The molecule has 2 heterocycles. The highest BCUT2D eigenvalue weighted by molar-refractivity contribution is 6.30. The monoisotopic (exact) mass is 513 g/mol. The third-order valence-electron chi connectivity index (χ3n) is 7.11. The molecule has 0 aromatic heterocycles. The van der Waals surface area contributed by atoms with Crippen molar-refractivity contribution in [2.24, 2.45) is 5.41 Å². The van der Waals surface area contributed by atoms with Gasteiger partial charge in [-0.1, -0.05) is 54.1 Å². The molecule has 5 rings (SSSR count). The van der Waals surface area contributed by atoms with Crippen molar-refractivity contribution in [1.29, 1.82) is 5.26 Å². The van der Waals surface area contributed by atoms with Crippen LogP contribution in [0.15, 0.2) is 78.9 Å². The standard InChI is InChI=1S/C28H20ClN3O5/c1-37-27(34)28(16-30)23-15-10-17-4-2-3-5-22(17)31(23)25(26(33)19-6-11-20(29)12-7-19)24(28)18-8-13-21(14-9-18)32(35)36/h2-15,23-25H,1H3. The molecule has 0 amide bonds. The lowest BCUT2D eigenvalue weighted by molar-refractivity contribution is -0.384. The lowest BCUT2D eigenvalue weighted by atomic mass is 9.68. The Morgan fingerprint density at radius 3 is 2.38 bits per heavy atom. The summed E-state index contributed by atoms with van der Waals surface area (Å²) in [4.78, 5) is 40.3. The molecule has 3 aromatic rings. The van der Waals surface area contributed by atoms with Gasteiger partial charge < -0.3 is 9.64 Å². The van der Waals surface area contributed by atoms with Gasteiger partial charge in [0.25, 0.3) is 5.69 Å². The Kier molecular flexibility index (Phi) is 6.02. The molecule has 0 N–H and O–H groups in total. The third kappa shape index (κ3) is 3.67. The number of fused-ring (bicyclic) bond motifs is 3. The van der Waals surface area contributed by atoms with Gasteiger partial charge in [-0.25, -0.2) is 0 Å². The molecule has 0 saturated carbocycles. The summed E-state index contributed by atoms with van der Waals surface area (Å²) in [5, 5.41) is 22.4. The molecule has 3 aromatic carbocycles. The number of nitro benzene ring substituents is 1. The number of rotatable bonds is 5. The fourth-order valence-corrected chi connectivity index (χ4v) is 5.62. The number of anilines is 1. The molecule has 37 heavy (non-hydrogen) atoms. The van der Waals surface area contributed by atoms with Gasteiger partial charge in [0.1, 0.15) is 6.04 Å². The number of Topliss-reactive ketones (excluding diaryl/α,β-unsaturated/α-hetero) is 1. The van der Waals surface area contributed by atoms with E-state index >= 15 is 0 Å². The Morgan fingerprint density at radius 2 is 1.76 bits per heavy atom. The average Bonchev–Trinajstić information content (AvgIpc) is 3.24. The number of para-hydroxylation sites is 1. The molecule has 0 spiro atoms. The number of ketones is 1.